The molecule has 0 aromatic carbocycles. The Morgan fingerprint density at radius 1 is 1.77 bits per heavy atom. The van der Waals surface area contributed by atoms with Gasteiger partial charge in [-0.2, -0.15) is 0 Å². The minimum Gasteiger partial charge on any atom is -0.390 e. The van der Waals surface area contributed by atoms with Gasteiger partial charge in [-0.05, 0) is 19.4 Å². The molecule has 0 aromatic rings. The van der Waals surface area contributed by atoms with E-state index in [2.05, 4.69) is 10.0 Å². The van der Waals surface area contributed by atoms with E-state index in [9.17, 15) is 5.11 Å². The highest BCUT2D eigenvalue weighted by Crippen LogP contribution is 2.24. The summed E-state index contributed by atoms with van der Waals surface area (Å²) in [6.45, 7) is 3.89. The molecule has 1 aliphatic heterocycles. The van der Waals surface area contributed by atoms with Crippen molar-refractivity contribution in [3.63, 3.8) is 0 Å². The van der Waals surface area contributed by atoms with Gasteiger partial charge in [0.05, 0.1) is 19.3 Å². The molecule has 0 spiro atoms. The number of ether oxygens (including phenoxy) is 2. The topological polar surface area (TPSA) is 87.5 Å². The van der Waals surface area contributed by atoms with Crippen molar-refractivity contribution in [2.45, 2.75) is 31.8 Å². The first-order chi connectivity index (χ1) is 6.05. The van der Waals surface area contributed by atoms with Crippen molar-refractivity contribution < 1.29 is 14.6 Å². The third-order valence-electron chi connectivity index (χ3n) is 1.79. The second kappa shape index (κ2) is 3.93. The molecule has 1 fully saturated rings. The standard InChI is InChI=1S/C7H13N3O3/c1-7(2)12-4-6(13-7)5(11)3-9-10-8/h5-6,11H,3-4H2,1-2H3/t5?,6-/m1/s1. The Labute approximate surface area is 76.1 Å². The Kier molecular flexibility index (Phi) is 3.11. The van der Waals surface area contributed by atoms with E-state index in [-0.39, 0.29) is 6.54 Å². The van der Waals surface area contributed by atoms with Crippen molar-refractivity contribution in [2.24, 2.45) is 5.11 Å². The fourth-order valence-corrected chi connectivity index (χ4v) is 1.14. The first-order valence-electron chi connectivity index (χ1n) is 4.06. The van der Waals surface area contributed by atoms with Gasteiger partial charge in [0.15, 0.2) is 5.79 Å². The highest BCUT2D eigenvalue weighted by molar-refractivity contribution is 4.78. The Balaban J connectivity index is 2.41. The lowest BCUT2D eigenvalue weighted by Gasteiger charge is -2.19. The van der Waals surface area contributed by atoms with Crippen molar-refractivity contribution >= 4 is 0 Å². The lowest BCUT2D eigenvalue weighted by Crippen LogP contribution is -2.32. The molecule has 1 aliphatic rings. The van der Waals surface area contributed by atoms with Crippen molar-refractivity contribution in [3.05, 3.63) is 10.4 Å². The zero-order chi connectivity index (χ0) is 9.90. The van der Waals surface area contributed by atoms with Crippen molar-refractivity contribution in [1.82, 2.24) is 0 Å². The second-order valence-electron chi connectivity index (χ2n) is 3.35. The van der Waals surface area contributed by atoms with Gasteiger partial charge in [-0.25, -0.2) is 0 Å². The molecule has 1 rings (SSSR count). The highest BCUT2D eigenvalue weighted by Gasteiger charge is 2.36. The third kappa shape index (κ3) is 2.86. The van der Waals surface area contributed by atoms with E-state index in [1.807, 2.05) is 0 Å². The lowest BCUT2D eigenvalue weighted by atomic mass is 10.2. The molecule has 6 nitrogen and oxygen atoms in total. The number of aliphatic hydroxyl groups is 1. The van der Waals surface area contributed by atoms with E-state index in [0.717, 1.165) is 0 Å². The predicted molar refractivity (Wildman–Crippen MR) is 44.9 cm³/mol. The Bertz CT molecular complexity index is 225. The van der Waals surface area contributed by atoms with Crippen LogP contribution < -0.4 is 0 Å². The van der Waals surface area contributed by atoms with E-state index in [4.69, 9.17) is 15.0 Å². The smallest absolute Gasteiger partial charge is 0.163 e. The number of azide groups is 1. The molecule has 0 bridgehead atoms. The monoisotopic (exact) mass is 187 g/mol. The van der Waals surface area contributed by atoms with Crippen molar-refractivity contribution in [1.29, 1.82) is 0 Å². The zero-order valence-electron chi connectivity index (χ0n) is 7.67. The summed E-state index contributed by atoms with van der Waals surface area (Å²) < 4.78 is 10.6. The fourth-order valence-electron chi connectivity index (χ4n) is 1.14. The largest absolute Gasteiger partial charge is 0.390 e. The van der Waals surface area contributed by atoms with Crippen LogP contribution in [-0.4, -0.2) is 36.3 Å². The molecule has 0 amide bonds. The third-order valence-corrected chi connectivity index (χ3v) is 1.79. The van der Waals surface area contributed by atoms with Crippen LogP contribution >= 0.6 is 0 Å². The van der Waals surface area contributed by atoms with Gasteiger partial charge in [0.1, 0.15) is 6.10 Å². The normalized spacial score (nSPS) is 28.1. The lowest BCUT2D eigenvalue weighted by molar-refractivity contribution is -0.150. The number of hydrogen-bond donors (Lipinski definition) is 1. The molecule has 6 heteroatoms. The summed E-state index contributed by atoms with van der Waals surface area (Å²) >= 11 is 0. The molecule has 1 heterocycles. The van der Waals surface area contributed by atoms with Crippen molar-refractivity contribution in [3.8, 4) is 0 Å². The Morgan fingerprint density at radius 3 is 2.92 bits per heavy atom. The first kappa shape index (κ1) is 10.3. The quantitative estimate of drug-likeness (QED) is 0.403. The maximum atomic E-state index is 9.44. The molecule has 0 radical (unpaired) electrons. The minimum atomic E-state index is -0.794. The molecule has 0 saturated carbocycles. The number of hydrogen-bond acceptors (Lipinski definition) is 4. The van der Waals surface area contributed by atoms with Crippen LogP contribution in [0.4, 0.5) is 0 Å². The molecule has 0 aromatic heterocycles. The zero-order valence-corrected chi connectivity index (χ0v) is 7.67. The Hall–Kier alpha value is -0.810. The van der Waals surface area contributed by atoms with E-state index >= 15 is 0 Å². The van der Waals surface area contributed by atoms with E-state index in [0.29, 0.717) is 6.61 Å². The number of nitrogens with zero attached hydrogens (tertiary/aromatic N) is 3. The maximum Gasteiger partial charge on any atom is 0.163 e. The van der Waals surface area contributed by atoms with E-state index in [1.54, 1.807) is 13.8 Å². The average Bonchev–Trinajstić information content (AvgIpc) is 2.42. The van der Waals surface area contributed by atoms with Gasteiger partial charge < -0.3 is 14.6 Å². The molecule has 0 aliphatic carbocycles. The van der Waals surface area contributed by atoms with Gasteiger partial charge in [-0.15, -0.1) is 0 Å². The Morgan fingerprint density at radius 2 is 2.46 bits per heavy atom. The van der Waals surface area contributed by atoms with Crippen LogP contribution in [0.25, 0.3) is 10.4 Å². The van der Waals surface area contributed by atoms with Gasteiger partial charge in [-0.3, -0.25) is 0 Å². The van der Waals surface area contributed by atoms with Gasteiger partial charge in [-0.1, -0.05) is 5.11 Å². The summed E-state index contributed by atoms with van der Waals surface area (Å²) in [5.41, 5.74) is 8.04. The molecule has 2 atom stereocenters. The molecule has 1 saturated heterocycles. The second-order valence-corrected chi connectivity index (χ2v) is 3.35. The van der Waals surface area contributed by atoms with Gasteiger partial charge in [0.25, 0.3) is 0 Å². The molecular formula is C7H13N3O3. The SMILES string of the molecule is CC1(C)OC[C@H](C(O)CN=[N+]=[N-])O1. The minimum absolute atomic E-state index is 0.0145. The summed E-state index contributed by atoms with van der Waals surface area (Å²) in [5.74, 6) is -0.651. The van der Waals surface area contributed by atoms with E-state index in [1.165, 1.54) is 0 Å². The fraction of sp³-hybridized carbons (Fsp3) is 1.00. The summed E-state index contributed by atoms with van der Waals surface area (Å²) in [6.07, 6.45) is -1.20. The van der Waals surface area contributed by atoms with Crippen LogP contribution in [0.2, 0.25) is 0 Å². The predicted octanol–water partition coefficient (Wildman–Crippen LogP) is 0.809. The first-order valence-corrected chi connectivity index (χ1v) is 4.06. The van der Waals surface area contributed by atoms with Crippen LogP contribution in [0.1, 0.15) is 13.8 Å². The van der Waals surface area contributed by atoms with Crippen LogP contribution in [0.3, 0.4) is 0 Å². The van der Waals surface area contributed by atoms with Gasteiger partial charge >= 0.3 is 0 Å². The van der Waals surface area contributed by atoms with Gasteiger partial charge in [0.2, 0.25) is 0 Å². The number of rotatable bonds is 3. The van der Waals surface area contributed by atoms with Crippen molar-refractivity contribution in [2.75, 3.05) is 13.2 Å². The highest BCUT2D eigenvalue weighted by atomic mass is 16.7. The molecule has 1 unspecified atom stereocenters. The van der Waals surface area contributed by atoms with Gasteiger partial charge in [0, 0.05) is 4.91 Å². The van der Waals surface area contributed by atoms with E-state index < -0.39 is 18.0 Å². The molecule has 74 valence electrons. The summed E-state index contributed by atoms with van der Waals surface area (Å²) in [6, 6.07) is 0. The van der Waals surface area contributed by atoms with Crippen LogP contribution in [0, 0.1) is 0 Å². The summed E-state index contributed by atoms with van der Waals surface area (Å²) in [7, 11) is 0. The van der Waals surface area contributed by atoms with Crippen LogP contribution in [0.5, 0.6) is 0 Å². The van der Waals surface area contributed by atoms with Crippen LogP contribution in [-0.2, 0) is 9.47 Å². The molecule has 13 heavy (non-hydrogen) atoms. The molecular weight excluding hydrogens is 174 g/mol. The van der Waals surface area contributed by atoms with Crippen LogP contribution in [0.15, 0.2) is 5.11 Å². The maximum absolute atomic E-state index is 9.44. The summed E-state index contributed by atoms with van der Waals surface area (Å²) in [4.78, 5) is 2.55. The average molecular weight is 187 g/mol. The molecule has 1 N–H and O–H groups in total. The summed E-state index contributed by atoms with van der Waals surface area (Å²) in [5, 5.41) is 12.7. The number of aliphatic hydroxyl groups excluding tert-OH is 1.